The Hall–Kier alpha value is -1.00. The van der Waals surface area contributed by atoms with Gasteiger partial charge in [-0.1, -0.05) is 48.3 Å². The van der Waals surface area contributed by atoms with Crippen LogP contribution in [0.4, 0.5) is 8.78 Å². The van der Waals surface area contributed by atoms with Crippen LogP contribution in [0, 0.1) is 0 Å². The zero-order valence-electron chi connectivity index (χ0n) is 18.0. The van der Waals surface area contributed by atoms with Crippen LogP contribution in [0.3, 0.4) is 0 Å². The number of hydrogen-bond acceptors (Lipinski definition) is 4. The Bertz CT molecular complexity index is 898. The van der Waals surface area contributed by atoms with E-state index in [0.717, 1.165) is 0 Å². The highest BCUT2D eigenvalue weighted by molar-refractivity contribution is 7.89. The molecule has 0 spiro atoms. The second-order valence-electron chi connectivity index (χ2n) is 8.48. The number of sulfonamides is 1. The molecular weight excluding hydrogens is 483 g/mol. The van der Waals surface area contributed by atoms with Gasteiger partial charge in [-0.25, -0.2) is 17.2 Å². The predicted octanol–water partition coefficient (Wildman–Crippen LogP) is 3.85. The highest BCUT2D eigenvalue weighted by atomic mass is 35.5. The topological polar surface area (TPSA) is 69.7 Å². The van der Waals surface area contributed by atoms with Gasteiger partial charge in [-0.05, 0) is 31.4 Å². The summed E-state index contributed by atoms with van der Waals surface area (Å²) in [6, 6.07) is 8.39. The van der Waals surface area contributed by atoms with Crippen LogP contribution in [0.15, 0.2) is 30.3 Å². The lowest BCUT2D eigenvalue weighted by molar-refractivity contribution is -0.0935. The minimum atomic E-state index is -3.37. The molecule has 0 atom stereocenters. The minimum Gasteiger partial charge on any atom is -0.319 e. The summed E-state index contributed by atoms with van der Waals surface area (Å²) in [4.78, 5) is 14.7. The highest BCUT2D eigenvalue weighted by Gasteiger charge is 2.58. The predicted molar refractivity (Wildman–Crippen MR) is 122 cm³/mol. The second-order valence-corrected chi connectivity index (χ2v) is 11.9. The number of benzene rings is 1. The Morgan fingerprint density at radius 2 is 1.62 bits per heavy atom. The van der Waals surface area contributed by atoms with E-state index in [2.05, 4.69) is 5.32 Å². The molecule has 2 aliphatic rings. The van der Waals surface area contributed by atoms with Gasteiger partial charge in [0.25, 0.3) is 5.91 Å². The third-order valence-electron chi connectivity index (χ3n) is 6.40. The molecule has 6 nitrogen and oxygen atoms in total. The summed E-state index contributed by atoms with van der Waals surface area (Å²) in [5.41, 5.74) is -0.798. The van der Waals surface area contributed by atoms with Crippen molar-refractivity contribution in [2.24, 2.45) is 0 Å². The Balaban J connectivity index is 1.83. The average molecular weight is 512 g/mol. The molecule has 11 heteroatoms. The molecule has 1 aliphatic carbocycles. The van der Waals surface area contributed by atoms with Gasteiger partial charge in [0.15, 0.2) is 0 Å². The first-order chi connectivity index (χ1) is 14.9. The summed E-state index contributed by atoms with van der Waals surface area (Å²) in [6.07, 6.45) is -0.361. The molecule has 1 heterocycles. The van der Waals surface area contributed by atoms with Crippen LogP contribution >= 0.6 is 23.2 Å². The fourth-order valence-corrected chi connectivity index (χ4v) is 6.84. The normalized spacial score (nSPS) is 22.4. The van der Waals surface area contributed by atoms with E-state index in [1.54, 1.807) is 37.3 Å². The molecule has 0 radical (unpaired) electrons. The van der Waals surface area contributed by atoms with Gasteiger partial charge in [-0.3, -0.25) is 9.69 Å². The van der Waals surface area contributed by atoms with Crippen LogP contribution in [0.25, 0.3) is 0 Å². The molecule has 0 unspecified atom stereocenters. The van der Waals surface area contributed by atoms with E-state index in [9.17, 15) is 22.0 Å². The van der Waals surface area contributed by atoms with Crippen molar-refractivity contribution < 1.29 is 22.0 Å². The summed E-state index contributed by atoms with van der Waals surface area (Å²) >= 11 is 13.5. The van der Waals surface area contributed by atoms with Crippen LogP contribution in [0.1, 0.15) is 49.4 Å². The number of carbonyl (C=O) groups excluding carboxylic acids is 1. The molecule has 1 N–H and O–H groups in total. The molecule has 3 rings (SSSR count). The Morgan fingerprint density at radius 3 is 2.16 bits per heavy atom. The molecule has 1 aromatic rings. The lowest BCUT2D eigenvalue weighted by Gasteiger charge is -2.55. The quantitative estimate of drug-likeness (QED) is 0.445. The maximum absolute atomic E-state index is 14.1. The molecule has 32 heavy (non-hydrogen) atoms. The van der Waals surface area contributed by atoms with Crippen molar-refractivity contribution in [1.29, 1.82) is 0 Å². The molecule has 0 aromatic heterocycles. The largest absolute Gasteiger partial charge is 0.319 e. The van der Waals surface area contributed by atoms with Crippen molar-refractivity contribution in [2.75, 3.05) is 31.9 Å². The number of piperazine rings is 1. The maximum atomic E-state index is 14.1. The molecule has 1 saturated heterocycles. The second kappa shape index (κ2) is 9.70. The summed E-state index contributed by atoms with van der Waals surface area (Å²) in [7, 11) is -3.37. The van der Waals surface area contributed by atoms with Gasteiger partial charge >= 0.3 is 0 Å². The Labute approximate surface area is 198 Å². The summed E-state index contributed by atoms with van der Waals surface area (Å²) in [5.74, 6) is -3.27. The van der Waals surface area contributed by atoms with Crippen molar-refractivity contribution in [3.05, 3.63) is 35.9 Å². The number of nitrogens with one attached hydrogen (secondary N) is 1. The van der Waals surface area contributed by atoms with Gasteiger partial charge in [-0.15, -0.1) is 0 Å². The summed E-state index contributed by atoms with van der Waals surface area (Å²) in [5, 5.41) is 2.64. The van der Waals surface area contributed by atoms with E-state index in [0.29, 0.717) is 12.0 Å². The van der Waals surface area contributed by atoms with Crippen LogP contribution < -0.4 is 5.32 Å². The molecule has 1 saturated carbocycles. The van der Waals surface area contributed by atoms with Gasteiger partial charge in [0.05, 0.1) is 11.3 Å². The van der Waals surface area contributed by atoms with Crippen molar-refractivity contribution >= 4 is 39.1 Å². The smallest absolute Gasteiger partial charge is 0.253 e. The number of carbonyl (C=O) groups is 1. The monoisotopic (exact) mass is 511 g/mol. The van der Waals surface area contributed by atoms with E-state index in [-0.39, 0.29) is 44.8 Å². The standard InChI is InChI=1S/C21H29Cl2F2N3O3S/c1-2-16-32(30,31)28-14-12-27(13-15-28)19(8-10-20(24,25)11-9-19)21(22,23)26-18(29)17-6-4-3-5-7-17/h3-7H,2,8-16H2,1H3,(H,26,29). The SMILES string of the molecule is CCCS(=O)(=O)N1CCN(C2(C(Cl)(Cl)NC(=O)c3ccccc3)CCC(F)(F)CC2)CC1. The van der Waals surface area contributed by atoms with Gasteiger partial charge in [-0.2, -0.15) is 4.31 Å². The fourth-order valence-electron chi connectivity index (χ4n) is 4.56. The number of amides is 1. The number of rotatable bonds is 7. The van der Waals surface area contributed by atoms with Crippen LogP contribution in [0.5, 0.6) is 0 Å². The first-order valence-electron chi connectivity index (χ1n) is 10.8. The summed E-state index contributed by atoms with van der Waals surface area (Å²) < 4.78 is 52.5. The van der Waals surface area contributed by atoms with Crippen molar-refractivity contribution in [3.63, 3.8) is 0 Å². The third kappa shape index (κ3) is 5.38. The third-order valence-corrected chi connectivity index (χ3v) is 9.37. The van der Waals surface area contributed by atoms with E-state index < -0.39 is 44.7 Å². The van der Waals surface area contributed by atoms with Gasteiger partial charge in [0.1, 0.15) is 0 Å². The molecule has 180 valence electrons. The number of hydrogen-bond donors (Lipinski definition) is 1. The molecular formula is C21H29Cl2F2N3O3S. The fraction of sp³-hybridized carbons (Fsp3) is 0.667. The van der Waals surface area contributed by atoms with Crippen LogP contribution in [-0.4, -0.2) is 71.4 Å². The number of alkyl halides is 4. The van der Waals surface area contributed by atoms with Gasteiger partial charge < -0.3 is 5.32 Å². The zero-order chi connectivity index (χ0) is 23.6. The minimum absolute atomic E-state index is 0.0240. The van der Waals surface area contributed by atoms with Gasteiger partial charge in [0, 0.05) is 44.6 Å². The molecule has 0 bridgehead atoms. The first kappa shape index (κ1) is 25.6. The molecule has 1 aromatic carbocycles. The van der Waals surface area contributed by atoms with Crippen LogP contribution in [-0.2, 0) is 10.0 Å². The van der Waals surface area contributed by atoms with E-state index >= 15 is 0 Å². The van der Waals surface area contributed by atoms with Gasteiger partial charge in [0.2, 0.25) is 20.4 Å². The lowest BCUT2D eigenvalue weighted by atomic mass is 9.77. The first-order valence-corrected chi connectivity index (χ1v) is 13.2. The molecule has 1 amide bonds. The number of nitrogens with zero attached hydrogens (tertiary/aromatic N) is 2. The van der Waals surface area contributed by atoms with E-state index in [1.165, 1.54) is 4.31 Å². The average Bonchev–Trinajstić information content (AvgIpc) is 2.74. The Morgan fingerprint density at radius 1 is 1.06 bits per heavy atom. The van der Waals surface area contributed by atoms with Crippen molar-refractivity contribution in [3.8, 4) is 0 Å². The van der Waals surface area contributed by atoms with Crippen molar-refractivity contribution in [2.45, 2.75) is 54.9 Å². The lowest BCUT2D eigenvalue weighted by Crippen LogP contribution is -2.70. The number of halogens is 4. The molecule has 2 fully saturated rings. The van der Waals surface area contributed by atoms with E-state index in [4.69, 9.17) is 23.2 Å². The Kier molecular flexibility index (Phi) is 7.77. The highest BCUT2D eigenvalue weighted by Crippen LogP contribution is 2.50. The summed E-state index contributed by atoms with van der Waals surface area (Å²) in [6.45, 7) is 2.82. The maximum Gasteiger partial charge on any atom is 0.253 e. The zero-order valence-corrected chi connectivity index (χ0v) is 20.3. The van der Waals surface area contributed by atoms with E-state index in [1.807, 2.05) is 4.90 Å². The van der Waals surface area contributed by atoms with Crippen LogP contribution in [0.2, 0.25) is 0 Å². The molecule has 1 aliphatic heterocycles. The van der Waals surface area contributed by atoms with Crippen molar-refractivity contribution in [1.82, 2.24) is 14.5 Å².